The van der Waals surface area contributed by atoms with E-state index < -0.39 is 23.4 Å². The van der Waals surface area contributed by atoms with Crippen molar-refractivity contribution in [2.24, 2.45) is 0 Å². The number of rotatable bonds is 5. The fraction of sp³-hybridized carbons (Fsp3) is 0.211. The number of amides is 4. The van der Waals surface area contributed by atoms with Crippen LogP contribution in [0.4, 0.5) is 10.5 Å². The molecule has 0 bridgehead atoms. The molecule has 0 saturated carbocycles. The summed E-state index contributed by atoms with van der Waals surface area (Å²) in [4.78, 5) is 39.3. The highest BCUT2D eigenvalue weighted by Crippen LogP contribution is 2.28. The molecular weight excluding hydrogens is 350 g/mol. The Morgan fingerprint density at radius 2 is 1.77 bits per heavy atom. The number of benzene rings is 2. The first-order chi connectivity index (χ1) is 12.4. The Morgan fingerprint density at radius 3 is 2.38 bits per heavy atom. The SMILES string of the molecule is CSc1ccc(NC(=O)CN2C(=O)N[C@@](C)(c3ccccc3)C2=O)cc1. The van der Waals surface area contributed by atoms with Crippen LogP contribution in [0.1, 0.15) is 12.5 Å². The zero-order valence-corrected chi connectivity index (χ0v) is 15.3. The van der Waals surface area contributed by atoms with Crippen molar-refractivity contribution in [1.82, 2.24) is 10.2 Å². The number of anilines is 1. The maximum atomic E-state index is 12.8. The Labute approximate surface area is 156 Å². The molecule has 134 valence electrons. The van der Waals surface area contributed by atoms with Crippen molar-refractivity contribution < 1.29 is 14.4 Å². The van der Waals surface area contributed by atoms with E-state index in [2.05, 4.69) is 10.6 Å². The lowest BCUT2D eigenvalue weighted by Gasteiger charge is -2.22. The molecule has 1 fully saturated rings. The number of nitrogens with zero attached hydrogens (tertiary/aromatic N) is 1. The minimum absolute atomic E-state index is 0.336. The van der Waals surface area contributed by atoms with Gasteiger partial charge in [0, 0.05) is 10.6 Å². The molecule has 1 aliphatic rings. The molecular formula is C19H19N3O3S. The lowest BCUT2D eigenvalue weighted by atomic mass is 9.92. The molecule has 1 saturated heterocycles. The normalized spacial score (nSPS) is 19.4. The second-order valence-electron chi connectivity index (χ2n) is 6.09. The summed E-state index contributed by atoms with van der Waals surface area (Å²) in [5, 5.41) is 5.39. The number of carbonyl (C=O) groups excluding carboxylic acids is 3. The highest BCUT2D eigenvalue weighted by Gasteiger charge is 2.49. The molecule has 2 aromatic carbocycles. The van der Waals surface area contributed by atoms with Gasteiger partial charge in [0.05, 0.1) is 0 Å². The Hall–Kier alpha value is -2.80. The van der Waals surface area contributed by atoms with Crippen LogP contribution >= 0.6 is 11.8 Å². The minimum Gasteiger partial charge on any atom is -0.325 e. The van der Waals surface area contributed by atoms with Gasteiger partial charge >= 0.3 is 6.03 Å². The number of carbonyl (C=O) groups is 3. The fourth-order valence-corrected chi connectivity index (χ4v) is 3.23. The van der Waals surface area contributed by atoms with Gasteiger partial charge in [0.2, 0.25) is 5.91 Å². The lowest BCUT2D eigenvalue weighted by Crippen LogP contribution is -2.42. The predicted octanol–water partition coefficient (Wildman–Crippen LogP) is 2.81. The van der Waals surface area contributed by atoms with Gasteiger partial charge in [-0.3, -0.25) is 14.5 Å². The summed E-state index contributed by atoms with van der Waals surface area (Å²) >= 11 is 1.60. The van der Waals surface area contributed by atoms with Crippen LogP contribution in [0.5, 0.6) is 0 Å². The second kappa shape index (κ2) is 7.21. The third kappa shape index (κ3) is 3.43. The summed E-state index contributed by atoms with van der Waals surface area (Å²) in [6.07, 6.45) is 1.97. The van der Waals surface area contributed by atoms with Gasteiger partial charge in [0.1, 0.15) is 12.1 Å². The van der Waals surface area contributed by atoms with Gasteiger partial charge < -0.3 is 10.6 Å². The van der Waals surface area contributed by atoms with Crippen molar-refractivity contribution in [3.05, 3.63) is 60.2 Å². The summed E-state index contributed by atoms with van der Waals surface area (Å²) in [6, 6.07) is 15.7. The summed E-state index contributed by atoms with van der Waals surface area (Å²) in [5.74, 6) is -0.871. The number of hydrogen-bond acceptors (Lipinski definition) is 4. The van der Waals surface area contributed by atoms with E-state index in [0.29, 0.717) is 11.3 Å². The molecule has 1 atom stereocenters. The molecule has 4 amide bonds. The first kappa shape index (κ1) is 18.0. The third-order valence-electron chi connectivity index (χ3n) is 4.30. The van der Waals surface area contributed by atoms with Gasteiger partial charge in [-0.1, -0.05) is 30.3 Å². The summed E-state index contributed by atoms with van der Waals surface area (Å²) in [5.41, 5.74) is 0.123. The molecule has 0 unspecified atom stereocenters. The number of hydrogen-bond donors (Lipinski definition) is 2. The number of nitrogens with one attached hydrogen (secondary N) is 2. The van der Waals surface area contributed by atoms with Crippen LogP contribution in [0.15, 0.2) is 59.5 Å². The molecule has 1 aliphatic heterocycles. The number of thioether (sulfide) groups is 1. The van der Waals surface area contributed by atoms with E-state index in [-0.39, 0.29) is 6.54 Å². The summed E-state index contributed by atoms with van der Waals surface area (Å²) < 4.78 is 0. The van der Waals surface area contributed by atoms with Crippen molar-refractivity contribution in [3.63, 3.8) is 0 Å². The van der Waals surface area contributed by atoms with Gasteiger partial charge in [0.25, 0.3) is 5.91 Å². The van der Waals surface area contributed by atoms with E-state index in [1.165, 1.54) is 0 Å². The van der Waals surface area contributed by atoms with Crippen LogP contribution in [0, 0.1) is 0 Å². The molecule has 2 aromatic rings. The van der Waals surface area contributed by atoms with Crippen LogP contribution in [0.2, 0.25) is 0 Å². The Morgan fingerprint density at radius 1 is 1.12 bits per heavy atom. The Bertz CT molecular complexity index is 839. The predicted molar refractivity (Wildman–Crippen MR) is 101 cm³/mol. The van der Waals surface area contributed by atoms with Gasteiger partial charge in [-0.2, -0.15) is 0 Å². The fourth-order valence-electron chi connectivity index (χ4n) is 2.83. The highest BCUT2D eigenvalue weighted by molar-refractivity contribution is 7.98. The van der Waals surface area contributed by atoms with Crippen LogP contribution in [-0.2, 0) is 15.1 Å². The van der Waals surface area contributed by atoms with E-state index in [1.54, 1.807) is 55.1 Å². The molecule has 3 rings (SSSR count). The first-order valence-electron chi connectivity index (χ1n) is 8.07. The van der Waals surface area contributed by atoms with Crippen molar-refractivity contribution in [1.29, 1.82) is 0 Å². The van der Waals surface area contributed by atoms with Gasteiger partial charge in [-0.15, -0.1) is 11.8 Å². The Kier molecular flexibility index (Phi) is 4.99. The Balaban J connectivity index is 1.70. The average Bonchev–Trinajstić information content (AvgIpc) is 2.87. The highest BCUT2D eigenvalue weighted by atomic mass is 32.2. The van der Waals surface area contributed by atoms with Crippen LogP contribution < -0.4 is 10.6 Å². The first-order valence-corrected chi connectivity index (χ1v) is 9.30. The lowest BCUT2D eigenvalue weighted by molar-refractivity contribution is -0.133. The standard InChI is InChI=1S/C19H19N3O3S/c1-19(13-6-4-3-5-7-13)17(24)22(18(25)21-19)12-16(23)20-14-8-10-15(26-2)11-9-14/h3-11H,12H2,1-2H3,(H,20,23)(H,21,25)/t19-/m0/s1. The minimum atomic E-state index is -1.17. The smallest absolute Gasteiger partial charge is 0.325 e. The summed E-state index contributed by atoms with van der Waals surface area (Å²) in [7, 11) is 0. The van der Waals surface area contributed by atoms with Crippen molar-refractivity contribution >= 4 is 35.3 Å². The van der Waals surface area contributed by atoms with Gasteiger partial charge in [-0.25, -0.2) is 4.79 Å². The van der Waals surface area contributed by atoms with E-state index in [4.69, 9.17) is 0 Å². The van der Waals surface area contributed by atoms with Crippen LogP contribution in [0.3, 0.4) is 0 Å². The molecule has 0 radical (unpaired) electrons. The molecule has 0 aromatic heterocycles. The quantitative estimate of drug-likeness (QED) is 0.627. The largest absolute Gasteiger partial charge is 0.325 e. The van der Waals surface area contributed by atoms with Gasteiger partial charge in [-0.05, 0) is 43.0 Å². The zero-order valence-electron chi connectivity index (χ0n) is 14.5. The van der Waals surface area contributed by atoms with E-state index >= 15 is 0 Å². The van der Waals surface area contributed by atoms with E-state index in [0.717, 1.165) is 9.80 Å². The van der Waals surface area contributed by atoms with Crippen molar-refractivity contribution in [2.75, 3.05) is 18.1 Å². The maximum absolute atomic E-state index is 12.8. The molecule has 0 aliphatic carbocycles. The van der Waals surface area contributed by atoms with Crippen LogP contribution in [-0.4, -0.2) is 35.5 Å². The number of urea groups is 1. The monoisotopic (exact) mass is 369 g/mol. The number of imide groups is 1. The topological polar surface area (TPSA) is 78.5 Å². The second-order valence-corrected chi connectivity index (χ2v) is 6.97. The molecule has 1 heterocycles. The van der Waals surface area contributed by atoms with Gasteiger partial charge in [0.15, 0.2) is 0 Å². The van der Waals surface area contributed by atoms with Crippen molar-refractivity contribution in [3.8, 4) is 0 Å². The average molecular weight is 369 g/mol. The maximum Gasteiger partial charge on any atom is 0.325 e. The summed E-state index contributed by atoms with van der Waals surface area (Å²) in [6.45, 7) is 1.30. The molecule has 26 heavy (non-hydrogen) atoms. The van der Waals surface area contributed by atoms with Crippen molar-refractivity contribution in [2.45, 2.75) is 17.4 Å². The van der Waals surface area contributed by atoms with E-state index in [1.807, 2.05) is 24.5 Å². The third-order valence-corrected chi connectivity index (χ3v) is 5.05. The van der Waals surface area contributed by atoms with E-state index in [9.17, 15) is 14.4 Å². The van der Waals surface area contributed by atoms with Crippen LogP contribution in [0.25, 0.3) is 0 Å². The molecule has 6 nitrogen and oxygen atoms in total. The molecule has 0 spiro atoms. The molecule has 2 N–H and O–H groups in total. The zero-order chi connectivity index (χ0) is 18.7. The molecule has 7 heteroatoms.